The molecule has 0 N–H and O–H groups in total. The largest absolute Gasteiger partial charge is 0.485 e. The minimum Gasteiger partial charge on any atom is -0.485 e. The molecule has 1 unspecified atom stereocenters. The maximum atomic E-state index is 6.20. The number of hydrogen-bond donors (Lipinski definition) is 0. The average Bonchev–Trinajstić information content (AvgIpc) is 2.93. The topological polar surface area (TPSA) is 27.1 Å². The predicted octanol–water partition coefficient (Wildman–Crippen LogP) is 5.63. The van der Waals surface area contributed by atoms with Gasteiger partial charge in [-0.3, -0.25) is 4.68 Å². The van der Waals surface area contributed by atoms with E-state index in [0.29, 0.717) is 33.8 Å². The fraction of sp³-hybridized carbons (Fsp3) is 0.400. The molecular weight excluding hydrogens is 375 g/mol. The molecule has 0 radical (unpaired) electrons. The highest BCUT2D eigenvalue weighted by molar-refractivity contribution is 9.08. The number of rotatable bonds is 6. The summed E-state index contributed by atoms with van der Waals surface area (Å²) in [6.45, 7) is 4.65. The predicted molar refractivity (Wildman–Crippen MR) is 90.7 cm³/mol. The van der Waals surface area contributed by atoms with Crippen molar-refractivity contribution >= 4 is 39.1 Å². The van der Waals surface area contributed by atoms with Crippen molar-refractivity contribution in [2.24, 2.45) is 0 Å². The van der Waals surface area contributed by atoms with Crippen LogP contribution in [0.4, 0.5) is 0 Å². The lowest BCUT2D eigenvalue weighted by atomic mass is 10.2. The summed E-state index contributed by atoms with van der Waals surface area (Å²) >= 11 is 15.6. The summed E-state index contributed by atoms with van der Waals surface area (Å²) in [4.78, 5) is 0. The summed E-state index contributed by atoms with van der Waals surface area (Å²) < 4.78 is 7.78. The van der Waals surface area contributed by atoms with Crippen LogP contribution in [0.25, 0.3) is 0 Å². The first-order chi connectivity index (χ1) is 10.0. The number of ether oxygens (including phenoxy) is 1. The van der Waals surface area contributed by atoms with Crippen molar-refractivity contribution in [1.82, 2.24) is 9.78 Å². The van der Waals surface area contributed by atoms with E-state index in [0.717, 1.165) is 17.7 Å². The lowest BCUT2D eigenvalue weighted by Crippen LogP contribution is -2.06. The summed E-state index contributed by atoms with van der Waals surface area (Å²) in [5, 5.41) is 6.25. The van der Waals surface area contributed by atoms with Crippen molar-refractivity contribution in [3.05, 3.63) is 45.7 Å². The van der Waals surface area contributed by atoms with E-state index in [-0.39, 0.29) is 0 Å². The number of benzene rings is 1. The van der Waals surface area contributed by atoms with E-state index in [9.17, 15) is 0 Å². The molecule has 114 valence electrons. The maximum absolute atomic E-state index is 6.20. The second kappa shape index (κ2) is 7.52. The van der Waals surface area contributed by atoms with Gasteiger partial charge in [0.05, 0.1) is 10.7 Å². The molecule has 2 aromatic rings. The first-order valence-electron chi connectivity index (χ1n) is 6.75. The van der Waals surface area contributed by atoms with Gasteiger partial charge in [-0.05, 0) is 31.5 Å². The standard InChI is InChI=1S/C15H17BrCl2N2O/c1-3-10(2)20-5-4-13(19-20)9-21-15-11(8-16)6-12(17)7-14(15)18/h4-7,10H,3,8-9H2,1-2H3. The molecule has 0 aliphatic rings. The Hall–Kier alpha value is -0.710. The Balaban J connectivity index is 2.11. The van der Waals surface area contributed by atoms with Crippen molar-refractivity contribution < 1.29 is 4.74 Å². The molecule has 0 saturated heterocycles. The Morgan fingerprint density at radius 1 is 1.38 bits per heavy atom. The van der Waals surface area contributed by atoms with Gasteiger partial charge in [-0.25, -0.2) is 0 Å². The Morgan fingerprint density at radius 2 is 2.14 bits per heavy atom. The van der Waals surface area contributed by atoms with Gasteiger partial charge in [0.15, 0.2) is 0 Å². The van der Waals surface area contributed by atoms with Gasteiger partial charge in [-0.1, -0.05) is 46.1 Å². The van der Waals surface area contributed by atoms with Gasteiger partial charge >= 0.3 is 0 Å². The Kier molecular flexibility index (Phi) is 5.97. The van der Waals surface area contributed by atoms with E-state index in [1.54, 1.807) is 6.07 Å². The van der Waals surface area contributed by atoms with Crippen LogP contribution in [0.1, 0.15) is 37.6 Å². The monoisotopic (exact) mass is 390 g/mol. The van der Waals surface area contributed by atoms with Gasteiger partial charge in [-0.2, -0.15) is 5.10 Å². The Labute approximate surface area is 143 Å². The van der Waals surface area contributed by atoms with E-state index in [4.69, 9.17) is 27.9 Å². The highest BCUT2D eigenvalue weighted by Crippen LogP contribution is 2.34. The zero-order valence-corrected chi connectivity index (χ0v) is 15.0. The molecule has 0 fully saturated rings. The minimum atomic E-state index is 0.380. The molecule has 1 aromatic carbocycles. The first-order valence-corrected chi connectivity index (χ1v) is 8.63. The van der Waals surface area contributed by atoms with Crippen molar-refractivity contribution in [3.63, 3.8) is 0 Å². The molecule has 2 rings (SSSR count). The van der Waals surface area contributed by atoms with Crippen LogP contribution in [0.2, 0.25) is 10.0 Å². The molecule has 1 heterocycles. The Morgan fingerprint density at radius 3 is 2.81 bits per heavy atom. The van der Waals surface area contributed by atoms with Gasteiger partial charge in [-0.15, -0.1) is 0 Å². The van der Waals surface area contributed by atoms with E-state index in [2.05, 4.69) is 34.9 Å². The molecule has 6 heteroatoms. The van der Waals surface area contributed by atoms with Crippen LogP contribution in [0, 0.1) is 0 Å². The zero-order valence-electron chi connectivity index (χ0n) is 11.9. The molecule has 0 aliphatic carbocycles. The normalized spacial score (nSPS) is 12.4. The summed E-state index contributed by atoms with van der Waals surface area (Å²) in [6.07, 6.45) is 3.01. The maximum Gasteiger partial charge on any atom is 0.142 e. The number of aromatic nitrogens is 2. The first kappa shape index (κ1) is 16.7. The van der Waals surface area contributed by atoms with E-state index < -0.39 is 0 Å². The van der Waals surface area contributed by atoms with Gasteiger partial charge in [0.2, 0.25) is 0 Å². The average molecular weight is 392 g/mol. The molecule has 0 spiro atoms. The second-order valence-electron chi connectivity index (χ2n) is 4.84. The van der Waals surface area contributed by atoms with Gasteiger partial charge in [0.1, 0.15) is 12.4 Å². The lowest BCUT2D eigenvalue weighted by Gasteiger charge is -2.12. The molecule has 0 bridgehead atoms. The quantitative estimate of drug-likeness (QED) is 0.596. The van der Waals surface area contributed by atoms with Crippen LogP contribution in [0.15, 0.2) is 24.4 Å². The molecule has 0 aliphatic heterocycles. The number of halogens is 3. The molecular formula is C15H17BrCl2N2O. The summed E-state index contributed by atoms with van der Waals surface area (Å²) in [6, 6.07) is 5.87. The smallest absolute Gasteiger partial charge is 0.142 e. The van der Waals surface area contributed by atoms with Crippen LogP contribution in [-0.2, 0) is 11.9 Å². The van der Waals surface area contributed by atoms with Crippen LogP contribution in [0.5, 0.6) is 5.75 Å². The van der Waals surface area contributed by atoms with Gasteiger partial charge in [0, 0.05) is 28.2 Å². The van der Waals surface area contributed by atoms with Crippen molar-refractivity contribution in [3.8, 4) is 5.75 Å². The number of nitrogens with zero attached hydrogens (tertiary/aromatic N) is 2. The number of alkyl halides is 1. The highest BCUT2D eigenvalue weighted by atomic mass is 79.9. The third-order valence-corrected chi connectivity index (χ3v) is 4.40. The van der Waals surface area contributed by atoms with Crippen LogP contribution < -0.4 is 4.74 Å². The van der Waals surface area contributed by atoms with Gasteiger partial charge < -0.3 is 4.74 Å². The van der Waals surface area contributed by atoms with Crippen LogP contribution >= 0.6 is 39.1 Å². The van der Waals surface area contributed by atoms with Crippen LogP contribution in [-0.4, -0.2) is 9.78 Å². The highest BCUT2D eigenvalue weighted by Gasteiger charge is 2.11. The molecule has 1 aromatic heterocycles. The lowest BCUT2D eigenvalue weighted by molar-refractivity contribution is 0.296. The third-order valence-electron chi connectivity index (χ3n) is 3.30. The van der Waals surface area contributed by atoms with Crippen molar-refractivity contribution in [2.45, 2.75) is 38.2 Å². The van der Waals surface area contributed by atoms with E-state index in [1.807, 2.05) is 23.0 Å². The van der Waals surface area contributed by atoms with E-state index in [1.165, 1.54) is 0 Å². The fourth-order valence-corrected chi connectivity index (χ4v) is 2.91. The summed E-state index contributed by atoms with van der Waals surface area (Å²) in [5.74, 6) is 0.649. The van der Waals surface area contributed by atoms with Crippen molar-refractivity contribution in [2.75, 3.05) is 0 Å². The Bertz CT molecular complexity index is 616. The van der Waals surface area contributed by atoms with Gasteiger partial charge in [0.25, 0.3) is 0 Å². The SMILES string of the molecule is CCC(C)n1ccc(COc2c(Cl)cc(Cl)cc2CBr)n1. The molecule has 0 amide bonds. The summed E-state index contributed by atoms with van der Waals surface area (Å²) in [7, 11) is 0. The third kappa shape index (κ3) is 4.15. The fourth-order valence-electron chi connectivity index (χ4n) is 1.91. The van der Waals surface area contributed by atoms with Crippen molar-refractivity contribution in [1.29, 1.82) is 0 Å². The molecule has 21 heavy (non-hydrogen) atoms. The van der Waals surface area contributed by atoms with Crippen LogP contribution in [0.3, 0.4) is 0 Å². The zero-order chi connectivity index (χ0) is 15.4. The van der Waals surface area contributed by atoms with E-state index >= 15 is 0 Å². The minimum absolute atomic E-state index is 0.380. The molecule has 0 saturated carbocycles. The number of hydrogen-bond acceptors (Lipinski definition) is 2. The summed E-state index contributed by atoms with van der Waals surface area (Å²) in [5.41, 5.74) is 1.80. The second-order valence-corrected chi connectivity index (χ2v) is 6.25. The molecule has 3 nitrogen and oxygen atoms in total. The molecule has 1 atom stereocenters.